The van der Waals surface area contributed by atoms with Gasteiger partial charge in [0.1, 0.15) is 40.2 Å². The SMILES string of the molecule is CC(C)(C)OC(=O)N(C(=O)OC(C)(C)C)c1nc(N(C(=O)OC(C)(C)C)C(=O)OC(C)(C)C)c2ncn([C@@H]3O[C@H](CO)C(O)C3(C)O)c2n1. The van der Waals surface area contributed by atoms with E-state index in [9.17, 15) is 34.5 Å². The Bertz CT molecular complexity index is 1520. The van der Waals surface area contributed by atoms with Crippen molar-refractivity contribution < 1.29 is 58.2 Å². The molecule has 4 atom stereocenters. The molecule has 0 aliphatic carbocycles. The Kier molecular flexibility index (Phi) is 10.7. The largest absolute Gasteiger partial charge is 0.443 e. The molecule has 49 heavy (non-hydrogen) atoms. The molecule has 18 heteroatoms. The highest BCUT2D eigenvalue weighted by Crippen LogP contribution is 2.41. The van der Waals surface area contributed by atoms with Crippen LogP contribution < -0.4 is 9.80 Å². The highest BCUT2D eigenvalue weighted by Gasteiger charge is 2.53. The molecule has 1 saturated heterocycles. The second-order valence-electron chi connectivity index (χ2n) is 15.6. The van der Waals surface area contributed by atoms with E-state index in [0.717, 1.165) is 10.9 Å². The maximum atomic E-state index is 13.7. The molecule has 0 radical (unpaired) electrons. The molecule has 1 fully saturated rings. The van der Waals surface area contributed by atoms with Gasteiger partial charge in [0.05, 0.1) is 12.9 Å². The van der Waals surface area contributed by atoms with Gasteiger partial charge in [0, 0.05) is 0 Å². The Morgan fingerprint density at radius 2 is 1.20 bits per heavy atom. The lowest BCUT2D eigenvalue weighted by atomic mass is 9.96. The Hall–Kier alpha value is -4.13. The number of rotatable bonds is 4. The van der Waals surface area contributed by atoms with Crippen molar-refractivity contribution in [2.24, 2.45) is 0 Å². The molecule has 274 valence electrons. The number of ether oxygens (including phenoxy) is 5. The molecule has 4 amide bonds. The van der Waals surface area contributed by atoms with Gasteiger partial charge in [0.25, 0.3) is 0 Å². The normalized spacial score (nSPS) is 21.7. The Morgan fingerprint density at radius 1 is 0.796 bits per heavy atom. The molecule has 0 spiro atoms. The smallest absolute Gasteiger partial charge is 0.427 e. The maximum absolute atomic E-state index is 13.7. The van der Waals surface area contributed by atoms with Crippen molar-refractivity contribution in [3.8, 4) is 0 Å². The van der Waals surface area contributed by atoms with Crippen LogP contribution in [-0.4, -0.2) is 106 Å². The van der Waals surface area contributed by atoms with Gasteiger partial charge in [-0.25, -0.2) is 24.2 Å². The van der Waals surface area contributed by atoms with Crippen LogP contribution in [-0.2, 0) is 23.7 Å². The first kappa shape index (κ1) is 39.3. The van der Waals surface area contributed by atoms with Crippen molar-refractivity contribution in [2.75, 3.05) is 16.4 Å². The molecular weight excluding hydrogens is 648 g/mol. The fraction of sp³-hybridized carbons (Fsp3) is 0.710. The molecule has 3 N–H and O–H groups in total. The highest BCUT2D eigenvalue weighted by molar-refractivity contribution is 6.14. The molecule has 1 aliphatic rings. The second-order valence-corrected chi connectivity index (χ2v) is 15.6. The molecule has 0 aromatic carbocycles. The van der Waals surface area contributed by atoms with Crippen LogP contribution in [0.25, 0.3) is 11.2 Å². The van der Waals surface area contributed by atoms with Crippen LogP contribution in [0.3, 0.4) is 0 Å². The summed E-state index contributed by atoms with van der Waals surface area (Å²) in [5, 5.41) is 31.8. The standard InChI is InChI=1S/C31H48N6O12/c1-27(2,3)46-23(40)36(24(41)47-28(4,5)6)20-17-19(35(15-32-17)21-31(13,44)18(39)16(14-38)45-21)33-22(34-20)37(25(42)48-29(7,8)9)26(43)49-30(10,11)12/h15-16,18,21,38-39,44H,14H2,1-13H3/t16-,18?,21-,31?/m1/s1. The van der Waals surface area contributed by atoms with E-state index in [0.29, 0.717) is 9.80 Å². The summed E-state index contributed by atoms with van der Waals surface area (Å²) in [5.41, 5.74) is -7.15. The number of fused-ring (bicyclic) bond motifs is 1. The fourth-order valence-corrected chi connectivity index (χ4v) is 4.42. The summed E-state index contributed by atoms with van der Waals surface area (Å²) < 4.78 is 28.9. The fourth-order valence-electron chi connectivity index (χ4n) is 4.42. The summed E-state index contributed by atoms with van der Waals surface area (Å²) in [6, 6.07) is 0. The quantitative estimate of drug-likeness (QED) is 0.381. The number of hydrogen-bond acceptors (Lipinski definition) is 15. The lowest BCUT2D eigenvalue weighted by molar-refractivity contribution is -0.0950. The van der Waals surface area contributed by atoms with E-state index in [1.54, 1.807) is 83.1 Å². The number of aliphatic hydroxyl groups excluding tert-OH is 2. The maximum Gasteiger partial charge on any atom is 0.427 e. The van der Waals surface area contributed by atoms with E-state index in [1.165, 1.54) is 6.92 Å². The zero-order valence-electron chi connectivity index (χ0n) is 30.2. The molecule has 2 unspecified atom stereocenters. The third-order valence-corrected chi connectivity index (χ3v) is 6.29. The number of carbonyl (C=O) groups is 4. The van der Waals surface area contributed by atoms with Crippen molar-refractivity contribution >= 4 is 47.3 Å². The van der Waals surface area contributed by atoms with E-state index < -0.39 is 89.2 Å². The Morgan fingerprint density at radius 3 is 1.57 bits per heavy atom. The van der Waals surface area contributed by atoms with E-state index in [4.69, 9.17) is 23.7 Å². The Labute approximate surface area is 284 Å². The minimum Gasteiger partial charge on any atom is -0.443 e. The van der Waals surface area contributed by atoms with Gasteiger partial charge in [-0.1, -0.05) is 0 Å². The molecule has 1 aliphatic heterocycles. The number of hydrogen-bond donors (Lipinski definition) is 3. The van der Waals surface area contributed by atoms with Gasteiger partial charge in [-0.15, -0.1) is 4.90 Å². The Balaban J connectivity index is 2.46. The summed E-state index contributed by atoms with van der Waals surface area (Å²) in [4.78, 5) is 68.5. The van der Waals surface area contributed by atoms with Gasteiger partial charge in [-0.2, -0.15) is 14.9 Å². The third kappa shape index (κ3) is 9.31. The van der Waals surface area contributed by atoms with Gasteiger partial charge in [0.2, 0.25) is 5.95 Å². The van der Waals surface area contributed by atoms with Crippen molar-refractivity contribution in [1.29, 1.82) is 0 Å². The predicted molar refractivity (Wildman–Crippen MR) is 173 cm³/mol. The molecule has 0 saturated carbocycles. The number of aliphatic hydroxyl groups is 3. The first-order valence-electron chi connectivity index (χ1n) is 15.5. The van der Waals surface area contributed by atoms with Gasteiger partial charge >= 0.3 is 24.4 Å². The molecule has 0 bridgehead atoms. The average molecular weight is 697 g/mol. The second kappa shape index (κ2) is 13.3. The molecule has 3 rings (SSSR count). The number of imidazole rings is 1. The van der Waals surface area contributed by atoms with Crippen LogP contribution in [0.15, 0.2) is 6.33 Å². The molecule has 2 aromatic rings. The minimum absolute atomic E-state index is 0.282. The van der Waals surface area contributed by atoms with E-state index in [1.807, 2.05) is 0 Å². The molecule has 2 aromatic heterocycles. The topological polar surface area (TPSA) is 225 Å². The average Bonchev–Trinajstić information content (AvgIpc) is 3.37. The van der Waals surface area contributed by atoms with E-state index >= 15 is 0 Å². The van der Waals surface area contributed by atoms with Crippen LogP contribution in [0, 0.1) is 0 Å². The molecule has 18 nitrogen and oxygen atoms in total. The number of amides is 4. The predicted octanol–water partition coefficient (Wildman–Crippen LogP) is 4.18. The van der Waals surface area contributed by atoms with Crippen LogP contribution in [0.5, 0.6) is 0 Å². The summed E-state index contributed by atoms with van der Waals surface area (Å²) in [7, 11) is 0. The summed E-state index contributed by atoms with van der Waals surface area (Å²) in [5.74, 6) is -1.35. The van der Waals surface area contributed by atoms with E-state index in [-0.39, 0.29) is 11.2 Å². The lowest BCUT2D eigenvalue weighted by Crippen LogP contribution is -2.46. The van der Waals surface area contributed by atoms with Crippen molar-refractivity contribution in [3.05, 3.63) is 6.33 Å². The van der Waals surface area contributed by atoms with Crippen molar-refractivity contribution in [3.63, 3.8) is 0 Å². The number of aromatic nitrogens is 4. The summed E-state index contributed by atoms with van der Waals surface area (Å²) in [6.45, 7) is 19.3. The highest BCUT2D eigenvalue weighted by atomic mass is 16.6. The number of anilines is 2. The first-order valence-corrected chi connectivity index (χ1v) is 15.5. The van der Waals surface area contributed by atoms with Gasteiger partial charge in [-0.3, -0.25) is 4.57 Å². The van der Waals surface area contributed by atoms with E-state index in [2.05, 4.69) is 15.0 Å². The molecular formula is C31H48N6O12. The number of imide groups is 2. The van der Waals surface area contributed by atoms with Crippen LogP contribution in [0.4, 0.5) is 30.9 Å². The zero-order valence-corrected chi connectivity index (χ0v) is 30.2. The monoisotopic (exact) mass is 696 g/mol. The summed E-state index contributed by atoms with van der Waals surface area (Å²) >= 11 is 0. The van der Waals surface area contributed by atoms with Crippen molar-refractivity contribution in [2.45, 2.75) is 136 Å². The van der Waals surface area contributed by atoms with Crippen LogP contribution >= 0.6 is 0 Å². The van der Waals surface area contributed by atoms with Gasteiger partial charge in [-0.05, 0) is 90.0 Å². The first-order chi connectivity index (χ1) is 22.1. The lowest BCUT2D eigenvalue weighted by Gasteiger charge is -2.30. The summed E-state index contributed by atoms with van der Waals surface area (Å²) in [6.07, 6.45) is -8.27. The number of nitrogens with zero attached hydrogens (tertiary/aromatic N) is 6. The minimum atomic E-state index is -2.06. The molecule has 3 heterocycles. The van der Waals surface area contributed by atoms with Crippen LogP contribution in [0.1, 0.15) is 96.2 Å². The van der Waals surface area contributed by atoms with Gasteiger partial charge < -0.3 is 39.0 Å². The zero-order chi connectivity index (χ0) is 37.7. The number of carbonyl (C=O) groups excluding carboxylic acids is 4. The van der Waals surface area contributed by atoms with Crippen LogP contribution in [0.2, 0.25) is 0 Å². The van der Waals surface area contributed by atoms with Crippen molar-refractivity contribution in [1.82, 2.24) is 19.5 Å². The third-order valence-electron chi connectivity index (χ3n) is 6.29. The van der Waals surface area contributed by atoms with Gasteiger partial charge in [0.15, 0.2) is 23.2 Å².